The Bertz CT molecular complexity index is 540. The number of alkyl halides is 2. The van der Waals surface area contributed by atoms with Gasteiger partial charge < -0.3 is 5.73 Å². The number of sulfonamides is 1. The van der Waals surface area contributed by atoms with E-state index in [1.807, 2.05) is 4.72 Å². The van der Waals surface area contributed by atoms with E-state index in [4.69, 9.17) is 5.73 Å². The maximum atomic E-state index is 12.9. The summed E-state index contributed by atoms with van der Waals surface area (Å²) in [6.45, 7) is -0.215. The lowest BCUT2D eigenvalue weighted by molar-refractivity contribution is 0.0170. The Labute approximate surface area is 125 Å². The molecule has 1 rings (SSSR count). The Kier molecular flexibility index (Phi) is 6.84. The van der Waals surface area contributed by atoms with E-state index in [0.29, 0.717) is 5.56 Å². The summed E-state index contributed by atoms with van der Waals surface area (Å²) in [4.78, 5) is -0.0592. The summed E-state index contributed by atoms with van der Waals surface area (Å²) in [7, 11) is -3.95. The summed E-state index contributed by atoms with van der Waals surface area (Å²) in [5, 5.41) is 0. The first kappa shape index (κ1) is 18.7. The molecule has 0 unspecified atom stereocenters. The van der Waals surface area contributed by atoms with E-state index in [1.165, 1.54) is 12.1 Å². The molecule has 0 aliphatic heterocycles. The van der Waals surface area contributed by atoms with Crippen LogP contribution in [0.15, 0.2) is 27.6 Å². The van der Waals surface area contributed by atoms with Crippen molar-refractivity contribution in [3.05, 3.63) is 28.2 Å². The number of hydrogen-bond acceptors (Lipinski definition) is 3. The van der Waals surface area contributed by atoms with E-state index >= 15 is 0 Å². The van der Waals surface area contributed by atoms with Crippen molar-refractivity contribution in [2.45, 2.75) is 17.7 Å². The van der Waals surface area contributed by atoms with Crippen molar-refractivity contribution < 1.29 is 17.2 Å². The van der Waals surface area contributed by atoms with E-state index < -0.39 is 29.0 Å². The lowest BCUT2D eigenvalue weighted by Crippen LogP contribution is -2.41. The standard InChI is InChI=1S/C10H13BrF2N2O2S.ClH/c1-7-4-8(2-3-9(7)11)18(16,17)15-6-10(12,13)5-14;/h2-4,15H,5-6,14H2,1H3;1H. The first-order chi connectivity index (χ1) is 8.18. The average molecular weight is 380 g/mol. The van der Waals surface area contributed by atoms with Gasteiger partial charge in [-0.25, -0.2) is 21.9 Å². The van der Waals surface area contributed by atoms with Gasteiger partial charge >= 0.3 is 0 Å². The number of hydrogen-bond donors (Lipinski definition) is 2. The first-order valence-electron chi connectivity index (χ1n) is 5.02. The number of aryl methyl sites for hydroxylation is 1. The van der Waals surface area contributed by atoms with Crippen molar-refractivity contribution in [3.8, 4) is 0 Å². The van der Waals surface area contributed by atoms with Crippen LogP contribution in [0.4, 0.5) is 8.78 Å². The minimum absolute atomic E-state index is 0. The predicted molar refractivity (Wildman–Crippen MR) is 75.3 cm³/mol. The monoisotopic (exact) mass is 378 g/mol. The molecule has 0 heterocycles. The van der Waals surface area contributed by atoms with E-state index in [9.17, 15) is 17.2 Å². The molecule has 0 radical (unpaired) electrons. The highest BCUT2D eigenvalue weighted by Gasteiger charge is 2.29. The van der Waals surface area contributed by atoms with Crippen molar-refractivity contribution in [2.24, 2.45) is 5.73 Å². The van der Waals surface area contributed by atoms with Crippen LogP contribution in [0.5, 0.6) is 0 Å². The van der Waals surface area contributed by atoms with Crippen LogP contribution in [0.2, 0.25) is 0 Å². The van der Waals surface area contributed by atoms with Gasteiger partial charge in [0.05, 0.1) is 18.0 Å². The molecule has 0 bridgehead atoms. The molecule has 0 aliphatic rings. The Morgan fingerprint density at radius 2 is 2.00 bits per heavy atom. The molecule has 1 aromatic carbocycles. The summed E-state index contributed by atoms with van der Waals surface area (Å²) in [5.41, 5.74) is 5.52. The minimum atomic E-state index is -3.95. The number of nitrogens with one attached hydrogen (secondary N) is 1. The molecule has 0 aromatic heterocycles. The molecular weight excluding hydrogens is 366 g/mol. The minimum Gasteiger partial charge on any atom is -0.325 e. The van der Waals surface area contributed by atoms with Gasteiger partial charge in [-0.1, -0.05) is 15.9 Å². The summed E-state index contributed by atoms with van der Waals surface area (Å²) >= 11 is 3.23. The third kappa shape index (κ3) is 5.31. The number of benzene rings is 1. The number of rotatable bonds is 5. The SMILES string of the molecule is Cc1cc(S(=O)(=O)NCC(F)(F)CN)ccc1Br.Cl. The topological polar surface area (TPSA) is 72.2 Å². The number of nitrogens with two attached hydrogens (primary N) is 1. The third-order valence-corrected chi connectivity index (χ3v) is 4.55. The van der Waals surface area contributed by atoms with Gasteiger partial charge in [0.1, 0.15) is 0 Å². The Morgan fingerprint density at radius 1 is 1.42 bits per heavy atom. The van der Waals surface area contributed by atoms with Gasteiger partial charge in [0.15, 0.2) is 0 Å². The largest absolute Gasteiger partial charge is 0.325 e. The fraction of sp³-hybridized carbons (Fsp3) is 0.400. The average Bonchev–Trinajstić information content (AvgIpc) is 2.30. The molecule has 0 fully saturated rings. The fourth-order valence-electron chi connectivity index (χ4n) is 1.14. The van der Waals surface area contributed by atoms with Crippen molar-refractivity contribution >= 4 is 38.4 Å². The third-order valence-electron chi connectivity index (χ3n) is 2.26. The maximum Gasteiger partial charge on any atom is 0.273 e. The Morgan fingerprint density at radius 3 is 2.47 bits per heavy atom. The zero-order valence-electron chi connectivity index (χ0n) is 9.99. The molecule has 0 saturated carbocycles. The van der Waals surface area contributed by atoms with Gasteiger partial charge in [-0.2, -0.15) is 0 Å². The quantitative estimate of drug-likeness (QED) is 0.822. The lowest BCUT2D eigenvalue weighted by atomic mass is 10.2. The molecule has 19 heavy (non-hydrogen) atoms. The molecule has 1 aromatic rings. The molecule has 110 valence electrons. The molecule has 4 nitrogen and oxygen atoms in total. The molecule has 0 atom stereocenters. The van der Waals surface area contributed by atoms with Crippen LogP contribution >= 0.6 is 28.3 Å². The van der Waals surface area contributed by atoms with E-state index in [2.05, 4.69) is 15.9 Å². The van der Waals surface area contributed by atoms with Crippen LogP contribution in [0, 0.1) is 6.92 Å². The van der Waals surface area contributed by atoms with Gasteiger partial charge in [-0.3, -0.25) is 0 Å². The Hall–Kier alpha value is -0.280. The summed E-state index contributed by atoms with van der Waals surface area (Å²) in [6, 6.07) is 4.28. The maximum absolute atomic E-state index is 12.9. The van der Waals surface area contributed by atoms with Crippen molar-refractivity contribution in [1.29, 1.82) is 0 Å². The molecule has 3 N–H and O–H groups in total. The summed E-state index contributed by atoms with van der Waals surface area (Å²) in [6.07, 6.45) is 0. The van der Waals surface area contributed by atoms with Gasteiger partial charge in [0.2, 0.25) is 10.0 Å². The van der Waals surface area contributed by atoms with Gasteiger partial charge in [0, 0.05) is 4.47 Å². The van der Waals surface area contributed by atoms with Crippen LogP contribution in [0.1, 0.15) is 5.56 Å². The smallest absolute Gasteiger partial charge is 0.273 e. The predicted octanol–water partition coefficient (Wildman–Crippen LogP) is 2.05. The molecule has 0 aliphatic carbocycles. The molecule has 0 saturated heterocycles. The zero-order chi connectivity index (χ0) is 14.0. The van der Waals surface area contributed by atoms with Crippen LogP contribution in [0.25, 0.3) is 0 Å². The second-order valence-electron chi connectivity index (χ2n) is 3.80. The fourth-order valence-corrected chi connectivity index (χ4v) is 2.53. The second kappa shape index (κ2) is 6.94. The van der Waals surface area contributed by atoms with Crippen LogP contribution in [-0.4, -0.2) is 27.4 Å². The highest BCUT2D eigenvalue weighted by atomic mass is 79.9. The van der Waals surface area contributed by atoms with E-state index in [-0.39, 0.29) is 17.3 Å². The van der Waals surface area contributed by atoms with Gasteiger partial charge in [-0.05, 0) is 30.7 Å². The highest BCUT2D eigenvalue weighted by Crippen LogP contribution is 2.20. The second-order valence-corrected chi connectivity index (χ2v) is 6.42. The number of halogens is 4. The molecule has 9 heteroatoms. The van der Waals surface area contributed by atoms with E-state index in [0.717, 1.165) is 4.47 Å². The highest BCUT2D eigenvalue weighted by molar-refractivity contribution is 9.10. The van der Waals surface area contributed by atoms with Crippen LogP contribution < -0.4 is 10.5 Å². The first-order valence-corrected chi connectivity index (χ1v) is 7.29. The lowest BCUT2D eigenvalue weighted by Gasteiger charge is -2.15. The van der Waals surface area contributed by atoms with Crippen LogP contribution in [-0.2, 0) is 10.0 Å². The van der Waals surface area contributed by atoms with Crippen molar-refractivity contribution in [2.75, 3.05) is 13.1 Å². The summed E-state index contributed by atoms with van der Waals surface area (Å²) < 4.78 is 51.9. The molecule has 0 spiro atoms. The Balaban J connectivity index is 0.00000324. The van der Waals surface area contributed by atoms with Gasteiger partial charge in [-0.15, -0.1) is 12.4 Å². The van der Waals surface area contributed by atoms with E-state index in [1.54, 1.807) is 13.0 Å². The van der Waals surface area contributed by atoms with Crippen molar-refractivity contribution in [3.63, 3.8) is 0 Å². The van der Waals surface area contributed by atoms with Gasteiger partial charge in [0.25, 0.3) is 5.92 Å². The zero-order valence-corrected chi connectivity index (χ0v) is 13.2. The molecule has 0 amide bonds. The molecular formula is C10H14BrClF2N2O2S. The normalized spacial score (nSPS) is 12.1. The summed E-state index contributed by atoms with van der Waals surface area (Å²) in [5.74, 6) is -3.25. The van der Waals surface area contributed by atoms with Crippen molar-refractivity contribution in [1.82, 2.24) is 4.72 Å². The van der Waals surface area contributed by atoms with Crippen LogP contribution in [0.3, 0.4) is 0 Å².